The van der Waals surface area contributed by atoms with E-state index in [2.05, 4.69) is 21.2 Å². The highest BCUT2D eigenvalue weighted by molar-refractivity contribution is 9.10. The maximum absolute atomic E-state index is 11.8. The van der Waals surface area contributed by atoms with Crippen molar-refractivity contribution in [3.63, 3.8) is 0 Å². The van der Waals surface area contributed by atoms with Gasteiger partial charge in [0.25, 0.3) is 0 Å². The minimum atomic E-state index is -0.878. The molecule has 0 spiro atoms. The van der Waals surface area contributed by atoms with E-state index in [9.17, 15) is 14.7 Å². The molecule has 108 valence electrons. The van der Waals surface area contributed by atoms with E-state index in [0.29, 0.717) is 23.3 Å². The minimum absolute atomic E-state index is 0.308. The second-order valence-corrected chi connectivity index (χ2v) is 5.93. The molecule has 20 heavy (non-hydrogen) atoms. The fourth-order valence-corrected chi connectivity index (χ4v) is 2.77. The van der Waals surface area contributed by atoms with Gasteiger partial charge in [0.15, 0.2) is 4.67 Å². The van der Waals surface area contributed by atoms with Crippen LogP contribution >= 0.6 is 15.9 Å². The van der Waals surface area contributed by atoms with Gasteiger partial charge in [-0.15, -0.1) is 0 Å². The second-order valence-electron chi connectivity index (χ2n) is 5.15. The van der Waals surface area contributed by atoms with Gasteiger partial charge in [0, 0.05) is 12.1 Å². The Morgan fingerprint density at radius 2 is 2.30 bits per heavy atom. The van der Waals surface area contributed by atoms with Crippen molar-refractivity contribution in [2.75, 3.05) is 0 Å². The molecule has 0 aromatic carbocycles. The van der Waals surface area contributed by atoms with Gasteiger partial charge in [-0.25, -0.2) is 0 Å². The Balaban J connectivity index is 1.98. The highest BCUT2D eigenvalue weighted by atomic mass is 79.9. The first-order valence-electron chi connectivity index (χ1n) is 6.39. The Hall–Kier alpha value is -1.56. The fraction of sp³-hybridized carbons (Fsp3) is 0.429. The normalized spacial score (nSPS) is 26.0. The molecule has 6 heteroatoms. The Kier molecular flexibility index (Phi) is 4.32. The van der Waals surface area contributed by atoms with E-state index in [1.807, 2.05) is 0 Å². The first-order valence-corrected chi connectivity index (χ1v) is 7.18. The zero-order chi connectivity index (χ0) is 14.8. The largest absolute Gasteiger partial charge is 0.481 e. The quantitative estimate of drug-likeness (QED) is 0.825. The van der Waals surface area contributed by atoms with Gasteiger partial charge in [0.2, 0.25) is 5.91 Å². The zero-order valence-electron chi connectivity index (χ0n) is 11.1. The Morgan fingerprint density at radius 1 is 1.55 bits per heavy atom. The molecular weight excluding hydrogens is 326 g/mol. The molecule has 1 aromatic heterocycles. The Morgan fingerprint density at radius 3 is 2.90 bits per heavy atom. The Bertz CT molecular complexity index is 551. The maximum atomic E-state index is 11.8. The van der Waals surface area contributed by atoms with Crippen LogP contribution in [0.3, 0.4) is 0 Å². The van der Waals surface area contributed by atoms with Crippen LogP contribution in [0.4, 0.5) is 0 Å². The number of rotatable bonds is 4. The predicted molar refractivity (Wildman–Crippen MR) is 77.0 cm³/mol. The van der Waals surface area contributed by atoms with Crippen LogP contribution < -0.4 is 5.32 Å². The monoisotopic (exact) mass is 341 g/mol. The van der Waals surface area contributed by atoms with Gasteiger partial charge >= 0.3 is 5.97 Å². The summed E-state index contributed by atoms with van der Waals surface area (Å²) in [5.74, 6) is -0.615. The molecule has 1 fully saturated rings. The van der Waals surface area contributed by atoms with E-state index < -0.39 is 11.4 Å². The molecule has 5 nitrogen and oxygen atoms in total. The molecule has 1 aliphatic carbocycles. The molecule has 1 aliphatic rings. The van der Waals surface area contributed by atoms with Crippen molar-refractivity contribution in [3.05, 3.63) is 28.6 Å². The summed E-state index contributed by atoms with van der Waals surface area (Å²) < 4.78 is 5.83. The lowest BCUT2D eigenvalue weighted by Crippen LogP contribution is -2.46. The van der Waals surface area contributed by atoms with Crippen molar-refractivity contribution >= 4 is 33.9 Å². The standard InChI is InChI=1S/C14H16BrNO4/c1-14(13(18)19)8-2-3-10(14)16-12(17)7-5-9-4-6-11(15)20-9/h4-7,10H,2-3,8H2,1H3,(H,16,17)(H,18,19)/b7-5+. The number of nitrogens with one attached hydrogen (secondary N) is 1. The Labute approximate surface area is 125 Å². The lowest BCUT2D eigenvalue weighted by atomic mass is 9.85. The molecule has 0 aliphatic heterocycles. The SMILES string of the molecule is CC1(C(=O)O)CCCC1NC(=O)/C=C/c1ccc(Br)o1. The van der Waals surface area contributed by atoms with Crippen LogP contribution in [0.5, 0.6) is 0 Å². The van der Waals surface area contributed by atoms with Gasteiger partial charge in [0.1, 0.15) is 5.76 Å². The van der Waals surface area contributed by atoms with Crippen molar-refractivity contribution in [1.29, 1.82) is 0 Å². The molecule has 2 unspecified atom stereocenters. The summed E-state index contributed by atoms with van der Waals surface area (Å²) in [6, 6.07) is 3.13. The predicted octanol–water partition coefficient (Wildman–Crippen LogP) is 2.81. The van der Waals surface area contributed by atoms with E-state index in [1.165, 1.54) is 6.08 Å². The summed E-state index contributed by atoms with van der Waals surface area (Å²) in [4.78, 5) is 23.2. The average Bonchev–Trinajstić information content (AvgIpc) is 2.95. The number of hydrogen-bond donors (Lipinski definition) is 2. The second kappa shape index (κ2) is 5.83. The van der Waals surface area contributed by atoms with E-state index in [-0.39, 0.29) is 11.9 Å². The lowest BCUT2D eigenvalue weighted by Gasteiger charge is -2.27. The summed E-state index contributed by atoms with van der Waals surface area (Å²) in [7, 11) is 0. The third kappa shape index (κ3) is 3.12. The van der Waals surface area contributed by atoms with Crippen LogP contribution in [0.2, 0.25) is 0 Å². The number of halogens is 1. The minimum Gasteiger partial charge on any atom is -0.481 e. The van der Waals surface area contributed by atoms with E-state index >= 15 is 0 Å². The number of furan rings is 1. The molecule has 2 N–H and O–H groups in total. The van der Waals surface area contributed by atoms with Gasteiger partial charge in [-0.2, -0.15) is 0 Å². The highest BCUT2D eigenvalue weighted by Crippen LogP contribution is 2.38. The van der Waals surface area contributed by atoms with Crippen LogP contribution in [0, 0.1) is 5.41 Å². The number of amides is 1. The van der Waals surface area contributed by atoms with Crippen LogP contribution in [0.15, 0.2) is 27.3 Å². The third-order valence-corrected chi connectivity index (χ3v) is 4.18. The van der Waals surface area contributed by atoms with Gasteiger partial charge in [-0.05, 0) is 53.9 Å². The first-order chi connectivity index (χ1) is 9.41. The van der Waals surface area contributed by atoms with Crippen LogP contribution in [0.1, 0.15) is 31.9 Å². The maximum Gasteiger partial charge on any atom is 0.311 e. The van der Waals surface area contributed by atoms with E-state index in [4.69, 9.17) is 4.42 Å². The van der Waals surface area contributed by atoms with Gasteiger partial charge < -0.3 is 14.8 Å². The summed E-state index contributed by atoms with van der Waals surface area (Å²) in [6.07, 6.45) is 4.98. The molecule has 2 rings (SSSR count). The number of carboxylic acids is 1. The van der Waals surface area contributed by atoms with Crippen LogP contribution in [-0.2, 0) is 9.59 Å². The lowest BCUT2D eigenvalue weighted by molar-refractivity contribution is -0.148. The molecule has 1 heterocycles. The number of carboxylic acid groups (broad SMARTS) is 1. The topological polar surface area (TPSA) is 79.5 Å². The molecule has 2 atom stereocenters. The van der Waals surface area contributed by atoms with Crippen molar-refractivity contribution < 1.29 is 19.1 Å². The average molecular weight is 342 g/mol. The fourth-order valence-electron chi connectivity index (χ4n) is 2.45. The number of carbonyl (C=O) groups excluding carboxylic acids is 1. The molecular formula is C14H16BrNO4. The number of hydrogen-bond acceptors (Lipinski definition) is 3. The third-order valence-electron chi connectivity index (χ3n) is 3.76. The molecule has 0 saturated heterocycles. The van der Waals surface area contributed by atoms with Crippen molar-refractivity contribution in [2.45, 2.75) is 32.2 Å². The first kappa shape index (κ1) is 14.8. The smallest absolute Gasteiger partial charge is 0.311 e. The van der Waals surface area contributed by atoms with Gasteiger partial charge in [0.05, 0.1) is 5.41 Å². The summed E-state index contributed by atoms with van der Waals surface area (Å²) in [5.41, 5.74) is -0.878. The van der Waals surface area contributed by atoms with Crippen molar-refractivity contribution in [2.24, 2.45) is 5.41 Å². The van der Waals surface area contributed by atoms with E-state index in [1.54, 1.807) is 25.1 Å². The van der Waals surface area contributed by atoms with Crippen LogP contribution in [0.25, 0.3) is 6.08 Å². The van der Waals surface area contributed by atoms with Gasteiger partial charge in [-0.1, -0.05) is 6.42 Å². The highest BCUT2D eigenvalue weighted by Gasteiger charge is 2.45. The van der Waals surface area contributed by atoms with Crippen molar-refractivity contribution in [3.8, 4) is 0 Å². The summed E-state index contributed by atoms with van der Waals surface area (Å²) in [5, 5.41) is 12.0. The number of aliphatic carboxylic acids is 1. The van der Waals surface area contributed by atoms with Gasteiger partial charge in [-0.3, -0.25) is 9.59 Å². The molecule has 0 bridgehead atoms. The van der Waals surface area contributed by atoms with Crippen molar-refractivity contribution in [1.82, 2.24) is 5.32 Å². The van der Waals surface area contributed by atoms with E-state index in [0.717, 1.165) is 6.42 Å². The number of carbonyl (C=O) groups is 2. The molecule has 0 radical (unpaired) electrons. The zero-order valence-corrected chi connectivity index (χ0v) is 12.6. The van der Waals surface area contributed by atoms with Crippen LogP contribution in [-0.4, -0.2) is 23.0 Å². The summed E-state index contributed by atoms with van der Waals surface area (Å²) >= 11 is 3.17. The molecule has 1 amide bonds. The summed E-state index contributed by atoms with van der Waals surface area (Å²) in [6.45, 7) is 1.68. The molecule has 1 aromatic rings. The molecule has 1 saturated carbocycles.